The largest absolute Gasteiger partial charge is 0.351 e. The van der Waals surface area contributed by atoms with Crippen LogP contribution in [0.2, 0.25) is 0 Å². The van der Waals surface area contributed by atoms with Gasteiger partial charge in [-0.25, -0.2) is 0 Å². The average molecular weight is 269 g/mol. The summed E-state index contributed by atoms with van der Waals surface area (Å²) in [5.74, 6) is 1.80. The predicted molar refractivity (Wildman–Crippen MR) is 76.7 cm³/mol. The van der Waals surface area contributed by atoms with Gasteiger partial charge in [-0.2, -0.15) is 10.2 Å². The molecule has 2 aliphatic rings. The summed E-state index contributed by atoms with van der Waals surface area (Å²) in [4.78, 5) is 2.29. The van der Waals surface area contributed by atoms with Crippen molar-refractivity contribution < 1.29 is 0 Å². The Morgan fingerprint density at radius 1 is 1.25 bits per heavy atom. The van der Waals surface area contributed by atoms with Crippen molar-refractivity contribution in [1.82, 2.24) is 20.0 Å². The molecule has 0 spiro atoms. The second kappa shape index (κ2) is 4.58. The highest BCUT2D eigenvalue weighted by molar-refractivity contribution is 5.45. The minimum absolute atomic E-state index is 0.474. The van der Waals surface area contributed by atoms with Crippen LogP contribution in [-0.4, -0.2) is 33.1 Å². The second-order valence-electron chi connectivity index (χ2n) is 6.07. The normalized spacial score (nSPS) is 22.4. The van der Waals surface area contributed by atoms with Crippen molar-refractivity contribution in [1.29, 1.82) is 0 Å². The van der Waals surface area contributed by atoms with Crippen LogP contribution in [0.3, 0.4) is 0 Å². The number of rotatable bonds is 2. The first-order valence-corrected chi connectivity index (χ1v) is 7.39. The zero-order valence-electron chi connectivity index (χ0n) is 11.7. The smallest absolute Gasteiger partial charge is 0.151 e. The van der Waals surface area contributed by atoms with E-state index in [0.29, 0.717) is 6.04 Å². The van der Waals surface area contributed by atoms with Gasteiger partial charge in [0.05, 0.1) is 11.7 Å². The Morgan fingerprint density at radius 3 is 2.95 bits per heavy atom. The molecule has 1 atom stereocenters. The maximum Gasteiger partial charge on any atom is 0.151 e. The molecular formula is C15H19N5. The molecule has 3 heterocycles. The van der Waals surface area contributed by atoms with Crippen LogP contribution >= 0.6 is 0 Å². The van der Waals surface area contributed by atoms with E-state index in [1.165, 1.54) is 17.7 Å². The monoisotopic (exact) mass is 269 g/mol. The van der Waals surface area contributed by atoms with Crippen molar-refractivity contribution in [2.45, 2.75) is 32.2 Å². The highest BCUT2D eigenvalue weighted by Gasteiger charge is 2.30. The van der Waals surface area contributed by atoms with Crippen molar-refractivity contribution in [2.24, 2.45) is 5.92 Å². The van der Waals surface area contributed by atoms with Crippen molar-refractivity contribution in [3.8, 4) is 0 Å². The van der Waals surface area contributed by atoms with Gasteiger partial charge < -0.3 is 4.90 Å². The lowest BCUT2D eigenvalue weighted by atomic mass is 9.88. The van der Waals surface area contributed by atoms with Crippen LogP contribution in [0.1, 0.15) is 30.6 Å². The first-order chi connectivity index (χ1) is 9.79. The minimum atomic E-state index is 0.474. The molecule has 2 aromatic heterocycles. The van der Waals surface area contributed by atoms with Gasteiger partial charge in [0.15, 0.2) is 5.82 Å². The molecule has 1 saturated heterocycles. The van der Waals surface area contributed by atoms with Gasteiger partial charge in [0.2, 0.25) is 0 Å². The van der Waals surface area contributed by atoms with Gasteiger partial charge in [-0.3, -0.25) is 4.68 Å². The number of hydrogen-bond donors (Lipinski definition) is 0. The minimum Gasteiger partial charge on any atom is -0.351 e. The van der Waals surface area contributed by atoms with Crippen LogP contribution in [0.4, 0.5) is 5.82 Å². The molecule has 0 amide bonds. The van der Waals surface area contributed by atoms with E-state index >= 15 is 0 Å². The topological polar surface area (TPSA) is 46.8 Å². The van der Waals surface area contributed by atoms with Gasteiger partial charge in [0, 0.05) is 25.5 Å². The van der Waals surface area contributed by atoms with Crippen molar-refractivity contribution in [2.75, 3.05) is 18.0 Å². The van der Waals surface area contributed by atoms with E-state index in [-0.39, 0.29) is 0 Å². The lowest BCUT2D eigenvalue weighted by Gasteiger charge is -2.40. The fraction of sp³-hybridized carbons (Fsp3) is 0.533. The number of hydrogen-bond acceptors (Lipinski definition) is 4. The first kappa shape index (κ1) is 11.9. The number of aryl methyl sites for hydroxylation is 1. The van der Waals surface area contributed by atoms with E-state index in [9.17, 15) is 0 Å². The summed E-state index contributed by atoms with van der Waals surface area (Å²) in [7, 11) is 0. The Balaban J connectivity index is 1.49. The number of anilines is 1. The van der Waals surface area contributed by atoms with Gasteiger partial charge in [-0.05, 0) is 42.9 Å². The maximum absolute atomic E-state index is 4.43. The first-order valence-electron chi connectivity index (χ1n) is 7.39. The summed E-state index contributed by atoms with van der Waals surface area (Å²) in [5, 5.41) is 13.1. The summed E-state index contributed by atoms with van der Waals surface area (Å²) >= 11 is 0. The average Bonchev–Trinajstić information content (AvgIpc) is 2.90. The number of fused-ring (bicyclic) bond motifs is 1. The van der Waals surface area contributed by atoms with E-state index in [1.807, 2.05) is 23.1 Å². The summed E-state index contributed by atoms with van der Waals surface area (Å²) < 4.78 is 2.03. The van der Waals surface area contributed by atoms with Gasteiger partial charge >= 0.3 is 0 Å². The van der Waals surface area contributed by atoms with E-state index in [2.05, 4.69) is 33.2 Å². The standard InChI is InChI=1S/C15H19N5/c1-11-3-4-14-12(7-11)8-15(18-17-14)19-9-13(10-19)20-6-2-5-16-20/h2,5-6,8,11,13H,3-4,7,9-10H2,1H3. The molecule has 2 aromatic rings. The van der Waals surface area contributed by atoms with Gasteiger partial charge in [-0.15, -0.1) is 5.10 Å². The number of nitrogens with zero attached hydrogens (tertiary/aromatic N) is 5. The Kier molecular flexibility index (Phi) is 2.72. The zero-order valence-corrected chi connectivity index (χ0v) is 11.7. The molecule has 1 fully saturated rings. The third-order valence-electron chi connectivity index (χ3n) is 4.47. The van der Waals surface area contributed by atoms with Crippen LogP contribution < -0.4 is 4.90 Å². The summed E-state index contributed by atoms with van der Waals surface area (Å²) in [6.45, 7) is 4.27. The lowest BCUT2D eigenvalue weighted by Crippen LogP contribution is -2.48. The fourth-order valence-corrected chi connectivity index (χ4v) is 3.15. The molecule has 20 heavy (non-hydrogen) atoms. The molecule has 5 heteroatoms. The number of aromatic nitrogens is 4. The third kappa shape index (κ3) is 1.97. The van der Waals surface area contributed by atoms with Gasteiger partial charge in [-0.1, -0.05) is 6.92 Å². The van der Waals surface area contributed by atoms with E-state index < -0.39 is 0 Å². The van der Waals surface area contributed by atoms with Crippen molar-refractivity contribution >= 4 is 5.82 Å². The highest BCUT2D eigenvalue weighted by atomic mass is 15.4. The van der Waals surface area contributed by atoms with E-state index in [0.717, 1.165) is 37.7 Å². The van der Waals surface area contributed by atoms with Crippen LogP contribution in [0, 0.1) is 5.92 Å². The molecule has 0 saturated carbocycles. The van der Waals surface area contributed by atoms with Crippen LogP contribution in [-0.2, 0) is 12.8 Å². The molecule has 4 rings (SSSR count). The van der Waals surface area contributed by atoms with Crippen molar-refractivity contribution in [3.05, 3.63) is 35.8 Å². The molecule has 1 unspecified atom stereocenters. The SMILES string of the molecule is CC1CCc2nnc(N3CC(n4cccn4)C3)cc2C1. The molecule has 0 N–H and O–H groups in total. The third-order valence-corrected chi connectivity index (χ3v) is 4.47. The predicted octanol–water partition coefficient (Wildman–Crippen LogP) is 1.86. The molecular weight excluding hydrogens is 250 g/mol. The van der Waals surface area contributed by atoms with Crippen LogP contribution in [0.15, 0.2) is 24.5 Å². The summed E-state index contributed by atoms with van der Waals surface area (Å²) in [6.07, 6.45) is 7.34. The summed E-state index contributed by atoms with van der Waals surface area (Å²) in [6, 6.07) is 4.70. The van der Waals surface area contributed by atoms with Crippen LogP contribution in [0.5, 0.6) is 0 Å². The molecule has 1 aliphatic heterocycles. The summed E-state index contributed by atoms with van der Waals surface area (Å²) in [5.41, 5.74) is 2.60. The maximum atomic E-state index is 4.43. The van der Waals surface area contributed by atoms with Crippen LogP contribution in [0.25, 0.3) is 0 Å². The Labute approximate surface area is 118 Å². The second-order valence-corrected chi connectivity index (χ2v) is 6.07. The highest BCUT2D eigenvalue weighted by Crippen LogP contribution is 2.29. The quantitative estimate of drug-likeness (QED) is 0.835. The Morgan fingerprint density at radius 2 is 2.15 bits per heavy atom. The van der Waals surface area contributed by atoms with Crippen molar-refractivity contribution in [3.63, 3.8) is 0 Å². The zero-order chi connectivity index (χ0) is 13.5. The Hall–Kier alpha value is -1.91. The Bertz CT molecular complexity index is 601. The van der Waals surface area contributed by atoms with Gasteiger partial charge in [0.1, 0.15) is 0 Å². The fourth-order valence-electron chi connectivity index (χ4n) is 3.15. The van der Waals surface area contributed by atoms with E-state index in [1.54, 1.807) is 0 Å². The molecule has 0 aromatic carbocycles. The van der Waals surface area contributed by atoms with Gasteiger partial charge in [0.25, 0.3) is 0 Å². The lowest BCUT2D eigenvalue weighted by molar-refractivity contribution is 0.364. The van der Waals surface area contributed by atoms with E-state index in [4.69, 9.17) is 0 Å². The molecule has 0 bridgehead atoms. The molecule has 1 aliphatic carbocycles. The molecule has 0 radical (unpaired) electrons. The molecule has 5 nitrogen and oxygen atoms in total. The molecule has 104 valence electrons.